The molecule has 1 aromatic carbocycles. The third kappa shape index (κ3) is 3.09. The number of esters is 1. The molecule has 1 fully saturated rings. The number of nitrogens with two attached hydrogens (primary N) is 1. The van der Waals surface area contributed by atoms with Crippen LogP contribution >= 0.6 is 23.2 Å². The van der Waals surface area contributed by atoms with E-state index >= 15 is 0 Å². The summed E-state index contributed by atoms with van der Waals surface area (Å²) in [7, 11) is 0. The normalized spacial score (nSPS) is 15.9. The van der Waals surface area contributed by atoms with E-state index in [0.29, 0.717) is 17.5 Å². The van der Waals surface area contributed by atoms with E-state index in [1.807, 2.05) is 0 Å². The number of nitrogen functional groups attached to an aromatic ring is 1. The van der Waals surface area contributed by atoms with Crippen molar-refractivity contribution in [2.45, 2.75) is 25.7 Å². The molecule has 5 heteroatoms. The van der Waals surface area contributed by atoms with Gasteiger partial charge < -0.3 is 10.5 Å². The van der Waals surface area contributed by atoms with E-state index in [-0.39, 0.29) is 16.3 Å². The maximum Gasteiger partial charge on any atom is 0.340 e. The molecule has 0 aromatic heterocycles. The summed E-state index contributed by atoms with van der Waals surface area (Å²) in [5.74, 6) is 0.0219. The zero-order valence-electron chi connectivity index (χ0n) is 9.92. The smallest absolute Gasteiger partial charge is 0.340 e. The molecule has 0 unspecified atom stereocenters. The summed E-state index contributed by atoms with van der Waals surface area (Å²) < 4.78 is 5.27. The Kier molecular flexibility index (Phi) is 4.36. The molecule has 1 aromatic rings. The van der Waals surface area contributed by atoms with Crippen LogP contribution in [0.1, 0.15) is 36.0 Å². The summed E-state index contributed by atoms with van der Waals surface area (Å²) in [5.41, 5.74) is 6.21. The van der Waals surface area contributed by atoms with Gasteiger partial charge in [-0.25, -0.2) is 4.79 Å². The Bertz CT molecular complexity index is 457. The van der Waals surface area contributed by atoms with Gasteiger partial charge in [-0.1, -0.05) is 36.0 Å². The summed E-state index contributed by atoms with van der Waals surface area (Å²) in [6.07, 6.45) is 4.68. The number of carbonyl (C=O) groups excluding carboxylic acids is 1. The molecule has 0 aliphatic heterocycles. The molecule has 2 rings (SSSR count). The number of carbonyl (C=O) groups is 1. The fourth-order valence-electron chi connectivity index (χ4n) is 2.20. The molecule has 1 aliphatic carbocycles. The molecule has 3 nitrogen and oxygen atoms in total. The molecule has 0 bridgehead atoms. The average molecular weight is 288 g/mol. The van der Waals surface area contributed by atoms with Gasteiger partial charge in [0.1, 0.15) is 0 Å². The highest BCUT2D eigenvalue weighted by molar-refractivity contribution is 6.37. The van der Waals surface area contributed by atoms with Gasteiger partial charge in [0, 0.05) is 5.02 Å². The lowest BCUT2D eigenvalue weighted by molar-refractivity contribution is 0.0444. The Balaban J connectivity index is 2.04. The Morgan fingerprint density at radius 1 is 1.33 bits per heavy atom. The monoisotopic (exact) mass is 287 g/mol. The first-order valence-electron chi connectivity index (χ1n) is 5.99. The predicted octanol–water partition coefficient (Wildman–Crippen LogP) is 3.92. The largest absolute Gasteiger partial charge is 0.462 e. The van der Waals surface area contributed by atoms with Crippen LogP contribution in [0, 0.1) is 5.92 Å². The molecule has 0 radical (unpaired) electrons. The van der Waals surface area contributed by atoms with Crippen LogP contribution in [-0.2, 0) is 4.74 Å². The molecule has 18 heavy (non-hydrogen) atoms. The lowest BCUT2D eigenvalue weighted by atomic mass is 10.1. The van der Waals surface area contributed by atoms with E-state index in [1.54, 1.807) is 0 Å². The molecule has 0 spiro atoms. The fraction of sp³-hybridized carbons (Fsp3) is 0.462. The van der Waals surface area contributed by atoms with E-state index in [4.69, 9.17) is 33.7 Å². The van der Waals surface area contributed by atoms with Gasteiger partial charge in [0.15, 0.2) is 0 Å². The van der Waals surface area contributed by atoms with Crippen molar-refractivity contribution in [1.82, 2.24) is 0 Å². The quantitative estimate of drug-likeness (QED) is 0.677. The molecule has 0 heterocycles. The Morgan fingerprint density at radius 2 is 2.00 bits per heavy atom. The van der Waals surface area contributed by atoms with E-state index < -0.39 is 5.97 Å². The van der Waals surface area contributed by atoms with Crippen molar-refractivity contribution in [3.05, 3.63) is 27.7 Å². The minimum Gasteiger partial charge on any atom is -0.462 e. The number of ether oxygens (including phenoxy) is 1. The zero-order valence-corrected chi connectivity index (χ0v) is 11.4. The standard InChI is InChI=1S/C13H15Cl2NO2/c14-9-5-10(12(16)11(15)6-9)13(17)18-7-8-3-1-2-4-8/h5-6,8H,1-4,7,16H2. The van der Waals surface area contributed by atoms with Crippen LogP contribution in [0.25, 0.3) is 0 Å². The lowest BCUT2D eigenvalue weighted by Gasteiger charge is -2.12. The highest BCUT2D eigenvalue weighted by Crippen LogP contribution is 2.29. The molecular weight excluding hydrogens is 273 g/mol. The topological polar surface area (TPSA) is 52.3 Å². The van der Waals surface area contributed by atoms with Gasteiger partial charge in [0.25, 0.3) is 0 Å². The number of hydrogen-bond donors (Lipinski definition) is 1. The van der Waals surface area contributed by atoms with Gasteiger partial charge in [-0.2, -0.15) is 0 Å². The van der Waals surface area contributed by atoms with Gasteiger partial charge in [0.05, 0.1) is 22.9 Å². The molecule has 0 amide bonds. The molecule has 1 aliphatic rings. The van der Waals surface area contributed by atoms with Crippen molar-refractivity contribution >= 4 is 34.9 Å². The first-order valence-corrected chi connectivity index (χ1v) is 6.75. The number of hydrogen-bond acceptors (Lipinski definition) is 3. The molecule has 2 N–H and O–H groups in total. The maximum absolute atomic E-state index is 11.9. The minimum atomic E-state index is -0.455. The number of benzene rings is 1. The zero-order chi connectivity index (χ0) is 13.1. The minimum absolute atomic E-state index is 0.220. The van der Waals surface area contributed by atoms with Crippen LogP contribution in [0.4, 0.5) is 5.69 Å². The van der Waals surface area contributed by atoms with Crippen molar-refractivity contribution in [2.24, 2.45) is 5.92 Å². The molecule has 0 atom stereocenters. The van der Waals surface area contributed by atoms with E-state index in [9.17, 15) is 4.79 Å². The maximum atomic E-state index is 11.9. The van der Waals surface area contributed by atoms with Crippen LogP contribution in [0.2, 0.25) is 10.0 Å². The Morgan fingerprint density at radius 3 is 2.67 bits per heavy atom. The van der Waals surface area contributed by atoms with Crippen molar-refractivity contribution in [2.75, 3.05) is 12.3 Å². The second kappa shape index (κ2) is 5.81. The van der Waals surface area contributed by atoms with Crippen LogP contribution in [0.3, 0.4) is 0 Å². The first-order chi connectivity index (χ1) is 8.58. The molecule has 0 saturated heterocycles. The number of rotatable bonds is 3. The third-order valence-corrected chi connectivity index (χ3v) is 3.77. The molecule has 1 saturated carbocycles. The van der Waals surface area contributed by atoms with Crippen molar-refractivity contribution in [3.63, 3.8) is 0 Å². The fourth-order valence-corrected chi connectivity index (χ4v) is 2.70. The Hall–Kier alpha value is -0.930. The van der Waals surface area contributed by atoms with Crippen LogP contribution in [0.15, 0.2) is 12.1 Å². The molecule has 98 valence electrons. The van der Waals surface area contributed by atoms with Crippen molar-refractivity contribution < 1.29 is 9.53 Å². The highest BCUT2D eigenvalue weighted by Gasteiger charge is 2.19. The molecular formula is C13H15Cl2NO2. The third-order valence-electron chi connectivity index (χ3n) is 3.24. The van der Waals surface area contributed by atoms with E-state index in [1.165, 1.54) is 25.0 Å². The van der Waals surface area contributed by atoms with Crippen molar-refractivity contribution in [1.29, 1.82) is 0 Å². The second-order valence-corrected chi connectivity index (χ2v) is 5.44. The van der Waals surface area contributed by atoms with Gasteiger partial charge in [-0.05, 0) is 30.9 Å². The van der Waals surface area contributed by atoms with Gasteiger partial charge >= 0.3 is 5.97 Å². The summed E-state index contributed by atoms with van der Waals surface area (Å²) >= 11 is 11.7. The second-order valence-electron chi connectivity index (χ2n) is 4.60. The van der Waals surface area contributed by atoms with Crippen LogP contribution in [-0.4, -0.2) is 12.6 Å². The average Bonchev–Trinajstić information content (AvgIpc) is 2.83. The van der Waals surface area contributed by atoms with Gasteiger partial charge in [-0.3, -0.25) is 0 Å². The highest BCUT2D eigenvalue weighted by atomic mass is 35.5. The van der Waals surface area contributed by atoms with Crippen LogP contribution in [0.5, 0.6) is 0 Å². The first kappa shape index (κ1) is 13.5. The summed E-state index contributed by atoms with van der Waals surface area (Å²) in [6, 6.07) is 2.99. The summed E-state index contributed by atoms with van der Waals surface area (Å²) in [4.78, 5) is 11.9. The lowest BCUT2D eigenvalue weighted by Crippen LogP contribution is -2.13. The van der Waals surface area contributed by atoms with E-state index in [2.05, 4.69) is 0 Å². The van der Waals surface area contributed by atoms with Crippen molar-refractivity contribution in [3.8, 4) is 0 Å². The Labute approximate surface area is 116 Å². The summed E-state index contributed by atoms with van der Waals surface area (Å²) in [6.45, 7) is 0.447. The predicted molar refractivity (Wildman–Crippen MR) is 73.1 cm³/mol. The summed E-state index contributed by atoms with van der Waals surface area (Å²) in [5, 5.41) is 0.650. The van der Waals surface area contributed by atoms with Crippen LogP contribution < -0.4 is 5.73 Å². The van der Waals surface area contributed by atoms with Gasteiger partial charge in [0.2, 0.25) is 0 Å². The SMILES string of the molecule is Nc1c(Cl)cc(Cl)cc1C(=O)OCC1CCCC1. The number of anilines is 1. The number of halogens is 2. The van der Waals surface area contributed by atoms with Gasteiger partial charge in [-0.15, -0.1) is 0 Å². The van der Waals surface area contributed by atoms with E-state index in [0.717, 1.165) is 12.8 Å².